The van der Waals surface area contributed by atoms with Crippen molar-refractivity contribution >= 4 is 29.1 Å². The largest absolute Gasteiger partial charge is 0.274 e. The first-order valence-corrected chi connectivity index (χ1v) is 6.02. The average molecular weight is 266 g/mol. The van der Waals surface area contributed by atoms with E-state index in [9.17, 15) is 9.59 Å². The van der Waals surface area contributed by atoms with Crippen molar-refractivity contribution in [3.05, 3.63) is 40.9 Å². The van der Waals surface area contributed by atoms with Crippen LogP contribution in [0.2, 0.25) is 5.02 Å². The average Bonchev–Trinajstić information content (AvgIpc) is 2.29. The van der Waals surface area contributed by atoms with Gasteiger partial charge in [-0.25, -0.2) is 0 Å². The Labute approximate surface area is 112 Å². The number of hydrogen-bond donors (Lipinski definition) is 0. The molecule has 0 aromatic heterocycles. The van der Waals surface area contributed by atoms with Gasteiger partial charge < -0.3 is 0 Å². The van der Waals surface area contributed by atoms with Gasteiger partial charge in [0.2, 0.25) is 11.8 Å². The maximum absolute atomic E-state index is 12.0. The third kappa shape index (κ3) is 4.00. The number of allylic oxidation sites excluding steroid dienone is 1. The lowest BCUT2D eigenvalue weighted by Gasteiger charge is -2.18. The van der Waals surface area contributed by atoms with Crippen LogP contribution in [0.3, 0.4) is 0 Å². The Morgan fingerprint density at radius 3 is 2.17 bits per heavy atom. The smallest absolute Gasteiger partial charge is 0.237 e. The van der Waals surface area contributed by atoms with Crippen molar-refractivity contribution in [1.29, 1.82) is 0 Å². The van der Waals surface area contributed by atoms with E-state index in [4.69, 9.17) is 11.6 Å². The van der Waals surface area contributed by atoms with Gasteiger partial charge in [0.1, 0.15) is 0 Å². The van der Waals surface area contributed by atoms with Crippen LogP contribution in [0.5, 0.6) is 0 Å². The first-order chi connectivity index (χ1) is 8.41. The number of carbonyl (C=O) groups excluding carboxylic acids is 2. The molecule has 0 fully saturated rings. The summed E-state index contributed by atoms with van der Waals surface area (Å²) in [6.45, 7) is 5.19. The van der Waals surface area contributed by atoms with Crippen molar-refractivity contribution in [3.8, 4) is 0 Å². The van der Waals surface area contributed by atoms with E-state index >= 15 is 0 Å². The van der Waals surface area contributed by atoms with Crippen molar-refractivity contribution < 1.29 is 9.59 Å². The van der Waals surface area contributed by atoms with Gasteiger partial charge in [-0.1, -0.05) is 23.3 Å². The summed E-state index contributed by atoms with van der Waals surface area (Å²) >= 11 is 5.78. The van der Waals surface area contributed by atoms with Crippen LogP contribution in [0.4, 0.5) is 5.69 Å². The van der Waals surface area contributed by atoms with E-state index in [0.29, 0.717) is 10.7 Å². The summed E-state index contributed by atoms with van der Waals surface area (Å²) in [5, 5.41) is 0.569. The van der Waals surface area contributed by atoms with E-state index in [0.717, 1.165) is 10.5 Å². The molecule has 1 rings (SSSR count). The molecule has 0 aliphatic rings. The maximum Gasteiger partial charge on any atom is 0.237 e. The number of imide groups is 1. The number of rotatable bonds is 3. The van der Waals surface area contributed by atoms with E-state index in [1.54, 1.807) is 30.3 Å². The van der Waals surface area contributed by atoms with Crippen LogP contribution in [-0.4, -0.2) is 11.8 Å². The molecule has 0 radical (unpaired) electrons. The zero-order chi connectivity index (χ0) is 13.7. The molecule has 18 heavy (non-hydrogen) atoms. The van der Waals surface area contributed by atoms with Gasteiger partial charge in [-0.05, 0) is 38.1 Å². The van der Waals surface area contributed by atoms with Gasteiger partial charge in [-0.15, -0.1) is 0 Å². The Morgan fingerprint density at radius 2 is 1.72 bits per heavy atom. The Hall–Kier alpha value is -1.61. The minimum atomic E-state index is -0.301. The van der Waals surface area contributed by atoms with E-state index < -0.39 is 0 Å². The van der Waals surface area contributed by atoms with E-state index in [-0.39, 0.29) is 18.2 Å². The minimum absolute atomic E-state index is 0.213. The summed E-state index contributed by atoms with van der Waals surface area (Å²) in [6, 6.07) is 6.62. The monoisotopic (exact) mass is 265 g/mol. The highest BCUT2D eigenvalue weighted by atomic mass is 35.5. The van der Waals surface area contributed by atoms with Gasteiger partial charge in [0, 0.05) is 18.4 Å². The molecule has 1 aromatic carbocycles. The standard InChI is InChI=1S/C14H16ClNO2/c1-10(2)4-9-14(18)16(11(3)17)13-7-5-12(15)6-8-13/h4-8H,9H2,1-3H3. The van der Waals surface area contributed by atoms with E-state index in [2.05, 4.69) is 0 Å². The summed E-state index contributed by atoms with van der Waals surface area (Å²) < 4.78 is 0. The molecule has 0 bridgehead atoms. The summed E-state index contributed by atoms with van der Waals surface area (Å²) in [4.78, 5) is 24.7. The third-order valence-electron chi connectivity index (χ3n) is 2.33. The number of nitrogens with zero attached hydrogens (tertiary/aromatic N) is 1. The van der Waals surface area contributed by atoms with Gasteiger partial charge in [-0.3, -0.25) is 14.5 Å². The van der Waals surface area contributed by atoms with Crippen molar-refractivity contribution in [2.24, 2.45) is 0 Å². The molecule has 0 heterocycles. The molecule has 0 N–H and O–H groups in total. The number of benzene rings is 1. The second-order valence-corrected chi connectivity index (χ2v) is 4.65. The van der Waals surface area contributed by atoms with Crippen LogP contribution < -0.4 is 4.90 Å². The van der Waals surface area contributed by atoms with Crippen LogP contribution in [-0.2, 0) is 9.59 Å². The Kier molecular flexibility index (Phi) is 5.10. The highest BCUT2D eigenvalue weighted by molar-refractivity contribution is 6.30. The maximum atomic E-state index is 12.0. The number of halogens is 1. The Balaban J connectivity index is 2.96. The minimum Gasteiger partial charge on any atom is -0.274 e. The summed E-state index contributed by atoms with van der Waals surface area (Å²) in [5.41, 5.74) is 1.59. The van der Waals surface area contributed by atoms with Crippen LogP contribution in [0.1, 0.15) is 27.2 Å². The predicted molar refractivity (Wildman–Crippen MR) is 73.7 cm³/mol. The van der Waals surface area contributed by atoms with Gasteiger partial charge in [-0.2, -0.15) is 0 Å². The molecular formula is C14H16ClNO2. The molecule has 0 unspecified atom stereocenters. The quantitative estimate of drug-likeness (QED) is 0.784. The lowest BCUT2D eigenvalue weighted by Crippen LogP contribution is -2.34. The van der Waals surface area contributed by atoms with Crippen molar-refractivity contribution in [3.63, 3.8) is 0 Å². The summed E-state index contributed by atoms with van der Waals surface area (Å²) in [6.07, 6.45) is 2.01. The molecule has 4 heteroatoms. The van der Waals surface area contributed by atoms with Gasteiger partial charge in [0.25, 0.3) is 0 Å². The number of carbonyl (C=O) groups is 2. The fourth-order valence-electron chi connectivity index (χ4n) is 1.47. The second-order valence-electron chi connectivity index (χ2n) is 4.21. The molecule has 0 spiro atoms. The van der Waals surface area contributed by atoms with Crippen molar-refractivity contribution in [2.75, 3.05) is 4.90 Å². The zero-order valence-corrected chi connectivity index (χ0v) is 11.5. The SMILES string of the molecule is CC(=O)N(C(=O)CC=C(C)C)c1ccc(Cl)cc1. The van der Waals surface area contributed by atoms with E-state index in [1.165, 1.54) is 6.92 Å². The van der Waals surface area contributed by atoms with E-state index in [1.807, 2.05) is 13.8 Å². The van der Waals surface area contributed by atoms with Gasteiger partial charge in [0.05, 0.1) is 5.69 Å². The molecule has 96 valence electrons. The first kappa shape index (κ1) is 14.5. The predicted octanol–water partition coefficient (Wildman–Crippen LogP) is 3.58. The van der Waals surface area contributed by atoms with Crippen molar-refractivity contribution in [1.82, 2.24) is 0 Å². The fourth-order valence-corrected chi connectivity index (χ4v) is 1.60. The Morgan fingerprint density at radius 1 is 1.17 bits per heavy atom. The highest BCUT2D eigenvalue weighted by Crippen LogP contribution is 2.19. The van der Waals surface area contributed by atoms with Gasteiger partial charge >= 0.3 is 0 Å². The topological polar surface area (TPSA) is 37.4 Å². The molecule has 3 nitrogen and oxygen atoms in total. The van der Waals surface area contributed by atoms with Crippen molar-refractivity contribution in [2.45, 2.75) is 27.2 Å². The number of anilines is 1. The first-order valence-electron chi connectivity index (χ1n) is 5.64. The fraction of sp³-hybridized carbons (Fsp3) is 0.286. The number of hydrogen-bond acceptors (Lipinski definition) is 2. The number of amides is 2. The van der Waals surface area contributed by atoms with Crippen LogP contribution in [0.25, 0.3) is 0 Å². The van der Waals surface area contributed by atoms with Crippen LogP contribution >= 0.6 is 11.6 Å². The van der Waals surface area contributed by atoms with Crippen LogP contribution in [0, 0.1) is 0 Å². The molecule has 0 saturated heterocycles. The lowest BCUT2D eigenvalue weighted by atomic mass is 10.2. The molecule has 0 aliphatic carbocycles. The molecular weight excluding hydrogens is 250 g/mol. The molecule has 0 atom stereocenters. The summed E-state index contributed by atoms with van der Waals surface area (Å²) in [5.74, 6) is -0.546. The molecule has 2 amide bonds. The third-order valence-corrected chi connectivity index (χ3v) is 2.59. The molecule has 0 aliphatic heterocycles. The molecule has 1 aromatic rings. The molecule has 0 saturated carbocycles. The zero-order valence-electron chi connectivity index (χ0n) is 10.7. The normalized spacial score (nSPS) is 9.78. The summed E-state index contributed by atoms with van der Waals surface area (Å²) in [7, 11) is 0. The lowest BCUT2D eigenvalue weighted by molar-refractivity contribution is -0.124. The van der Waals surface area contributed by atoms with Crippen LogP contribution in [0.15, 0.2) is 35.9 Å². The van der Waals surface area contributed by atoms with Gasteiger partial charge in [0.15, 0.2) is 0 Å². The highest BCUT2D eigenvalue weighted by Gasteiger charge is 2.18. The second kappa shape index (κ2) is 6.36. The Bertz CT molecular complexity index is 473.